The van der Waals surface area contributed by atoms with Crippen molar-refractivity contribution in [2.24, 2.45) is 0 Å². The van der Waals surface area contributed by atoms with Crippen LogP contribution >= 0.6 is 23.2 Å². The fraction of sp³-hybridized carbons (Fsp3) is 0.333. The first-order valence-corrected chi connectivity index (χ1v) is 15.6. The number of amides is 2. The molecule has 0 radical (unpaired) electrons. The fourth-order valence-electron chi connectivity index (χ4n) is 4.30. The van der Waals surface area contributed by atoms with Gasteiger partial charge < -0.3 is 10.2 Å². The normalized spacial score (nSPS) is 12.8. The highest BCUT2D eigenvalue weighted by atomic mass is 35.5. The van der Waals surface area contributed by atoms with Crippen LogP contribution in [-0.2, 0) is 32.6 Å². The third-order valence-electron chi connectivity index (χ3n) is 6.52. The van der Waals surface area contributed by atoms with Crippen LogP contribution < -0.4 is 9.62 Å². The van der Waals surface area contributed by atoms with Crippen molar-refractivity contribution in [2.75, 3.05) is 17.1 Å². The van der Waals surface area contributed by atoms with E-state index >= 15 is 0 Å². The summed E-state index contributed by atoms with van der Waals surface area (Å²) >= 11 is 12.3. The van der Waals surface area contributed by atoms with Crippen LogP contribution in [0.1, 0.15) is 37.0 Å². The summed E-state index contributed by atoms with van der Waals surface area (Å²) in [6.07, 6.45) is 1.98. The van der Waals surface area contributed by atoms with Crippen molar-refractivity contribution >= 4 is 50.7 Å². The lowest BCUT2D eigenvalue weighted by Gasteiger charge is -2.34. The van der Waals surface area contributed by atoms with Gasteiger partial charge in [0.2, 0.25) is 21.8 Å². The molecule has 1 N–H and O–H groups in total. The van der Waals surface area contributed by atoms with Crippen molar-refractivity contribution in [1.29, 1.82) is 0 Å². The van der Waals surface area contributed by atoms with Crippen LogP contribution in [0.15, 0.2) is 72.8 Å². The lowest BCUT2D eigenvalue weighted by Crippen LogP contribution is -2.54. The Morgan fingerprint density at radius 3 is 2.12 bits per heavy atom. The van der Waals surface area contributed by atoms with Gasteiger partial charge in [0.25, 0.3) is 0 Å². The van der Waals surface area contributed by atoms with Gasteiger partial charge >= 0.3 is 0 Å². The molecule has 0 saturated carbocycles. The molecule has 7 nitrogen and oxygen atoms in total. The van der Waals surface area contributed by atoms with E-state index < -0.39 is 28.5 Å². The zero-order valence-electron chi connectivity index (χ0n) is 23.1. The fourth-order valence-corrected chi connectivity index (χ4v) is 5.65. The number of hydrogen-bond acceptors (Lipinski definition) is 4. The molecule has 0 aliphatic rings. The van der Waals surface area contributed by atoms with Gasteiger partial charge in [-0.05, 0) is 49.6 Å². The van der Waals surface area contributed by atoms with Crippen molar-refractivity contribution in [3.8, 4) is 0 Å². The minimum Gasteiger partial charge on any atom is -0.352 e. The van der Waals surface area contributed by atoms with Crippen LogP contribution in [0.4, 0.5) is 5.69 Å². The van der Waals surface area contributed by atoms with Crippen LogP contribution in [-0.4, -0.2) is 50.0 Å². The molecular weight excluding hydrogens is 569 g/mol. The standard InChI is InChI=1S/C30H35Cl2N3O4S/c1-5-22(3)33-30(37)28(15-23-11-7-6-8-12-23)34(19-24-13-9-10-21(2)14-24)29(36)20-35(40(4,38)39)27-17-25(31)16-26(32)18-27/h6-14,16-18,22,28H,5,15,19-20H2,1-4H3,(H,33,37). The molecule has 3 aromatic carbocycles. The van der Waals surface area contributed by atoms with Gasteiger partial charge in [0.1, 0.15) is 12.6 Å². The number of carbonyl (C=O) groups excluding carboxylic acids is 2. The quantitative estimate of drug-likeness (QED) is 0.291. The summed E-state index contributed by atoms with van der Waals surface area (Å²) in [6.45, 7) is 5.38. The molecule has 3 rings (SSSR count). The number of nitrogens with zero attached hydrogens (tertiary/aromatic N) is 2. The van der Waals surface area contributed by atoms with E-state index in [-0.39, 0.29) is 40.6 Å². The summed E-state index contributed by atoms with van der Waals surface area (Å²) in [7, 11) is -3.92. The van der Waals surface area contributed by atoms with Gasteiger partial charge in [0.05, 0.1) is 11.9 Å². The van der Waals surface area contributed by atoms with E-state index in [4.69, 9.17) is 23.2 Å². The van der Waals surface area contributed by atoms with E-state index in [2.05, 4.69) is 5.32 Å². The molecular formula is C30H35Cl2N3O4S. The number of aryl methyl sites for hydroxylation is 1. The Balaban J connectivity index is 2.08. The summed E-state index contributed by atoms with van der Waals surface area (Å²) in [5.41, 5.74) is 2.85. The number of sulfonamides is 1. The van der Waals surface area contributed by atoms with Crippen molar-refractivity contribution in [1.82, 2.24) is 10.2 Å². The number of hydrogen-bond donors (Lipinski definition) is 1. The molecule has 214 valence electrons. The Morgan fingerprint density at radius 1 is 0.925 bits per heavy atom. The first-order chi connectivity index (χ1) is 18.9. The Morgan fingerprint density at radius 2 is 1.55 bits per heavy atom. The van der Waals surface area contributed by atoms with Gasteiger partial charge in [-0.15, -0.1) is 0 Å². The molecule has 10 heteroatoms. The number of halogens is 2. The summed E-state index contributed by atoms with van der Waals surface area (Å²) in [5, 5.41) is 3.48. The highest BCUT2D eigenvalue weighted by molar-refractivity contribution is 7.92. The number of benzene rings is 3. The number of rotatable bonds is 12. The van der Waals surface area contributed by atoms with Gasteiger partial charge in [-0.2, -0.15) is 0 Å². The summed E-state index contributed by atoms with van der Waals surface area (Å²) in [4.78, 5) is 29.3. The van der Waals surface area contributed by atoms with E-state index in [1.807, 2.05) is 75.4 Å². The second-order valence-electron chi connectivity index (χ2n) is 9.93. The largest absolute Gasteiger partial charge is 0.352 e. The maximum absolute atomic E-state index is 14.1. The van der Waals surface area contributed by atoms with Crippen LogP contribution in [0.5, 0.6) is 0 Å². The Bertz CT molecular complexity index is 1410. The van der Waals surface area contributed by atoms with Gasteiger partial charge in [-0.1, -0.05) is 90.3 Å². The third kappa shape index (κ3) is 8.98. The zero-order valence-corrected chi connectivity index (χ0v) is 25.4. The molecule has 2 amide bonds. The molecule has 0 bridgehead atoms. The van der Waals surface area contributed by atoms with E-state index in [9.17, 15) is 18.0 Å². The molecule has 3 aromatic rings. The molecule has 0 spiro atoms. The van der Waals surface area contributed by atoms with Crippen LogP contribution in [0.3, 0.4) is 0 Å². The van der Waals surface area contributed by atoms with Gasteiger partial charge in [0, 0.05) is 29.1 Å². The SMILES string of the molecule is CCC(C)NC(=O)C(Cc1ccccc1)N(Cc1cccc(C)c1)C(=O)CN(c1cc(Cl)cc(Cl)c1)S(C)(=O)=O. The average molecular weight is 605 g/mol. The lowest BCUT2D eigenvalue weighted by atomic mass is 10.0. The maximum Gasteiger partial charge on any atom is 0.244 e. The highest BCUT2D eigenvalue weighted by Gasteiger charge is 2.33. The van der Waals surface area contributed by atoms with Gasteiger partial charge in [-0.3, -0.25) is 13.9 Å². The Labute approximate surface area is 247 Å². The lowest BCUT2D eigenvalue weighted by molar-refractivity contribution is -0.140. The molecule has 0 saturated heterocycles. The summed E-state index contributed by atoms with van der Waals surface area (Å²) in [6, 6.07) is 20.4. The van der Waals surface area contributed by atoms with E-state index in [0.717, 1.165) is 27.3 Å². The first kappa shape index (κ1) is 31.5. The predicted octanol–water partition coefficient (Wildman–Crippen LogP) is 5.62. The molecule has 0 aromatic heterocycles. The highest BCUT2D eigenvalue weighted by Crippen LogP contribution is 2.27. The van der Waals surface area contributed by atoms with Crippen LogP contribution in [0, 0.1) is 6.92 Å². The van der Waals surface area contributed by atoms with E-state index in [0.29, 0.717) is 6.42 Å². The second-order valence-corrected chi connectivity index (χ2v) is 12.7. The topological polar surface area (TPSA) is 86.8 Å². The molecule has 0 aliphatic carbocycles. The molecule has 40 heavy (non-hydrogen) atoms. The zero-order chi connectivity index (χ0) is 29.4. The minimum atomic E-state index is -3.92. The molecule has 0 heterocycles. The van der Waals surface area contributed by atoms with Crippen molar-refractivity contribution in [3.63, 3.8) is 0 Å². The predicted molar refractivity (Wildman–Crippen MR) is 162 cm³/mol. The smallest absolute Gasteiger partial charge is 0.244 e. The second kappa shape index (κ2) is 14.0. The first-order valence-electron chi connectivity index (χ1n) is 13.0. The number of anilines is 1. The van der Waals surface area contributed by atoms with E-state index in [1.54, 1.807) is 0 Å². The van der Waals surface area contributed by atoms with Crippen LogP contribution in [0.25, 0.3) is 0 Å². The number of carbonyl (C=O) groups is 2. The van der Waals surface area contributed by atoms with Crippen molar-refractivity contribution in [3.05, 3.63) is 99.5 Å². The number of nitrogens with one attached hydrogen (secondary N) is 1. The Hall–Kier alpha value is -3.07. The molecule has 2 unspecified atom stereocenters. The Kier molecular flexibility index (Phi) is 11.0. The summed E-state index contributed by atoms with van der Waals surface area (Å²) < 4.78 is 26.7. The average Bonchev–Trinajstić information content (AvgIpc) is 2.88. The molecule has 0 aliphatic heterocycles. The summed E-state index contributed by atoms with van der Waals surface area (Å²) in [5.74, 6) is -0.848. The van der Waals surface area contributed by atoms with Gasteiger partial charge in [0.15, 0.2) is 0 Å². The van der Waals surface area contributed by atoms with Crippen LogP contribution in [0.2, 0.25) is 10.0 Å². The van der Waals surface area contributed by atoms with Gasteiger partial charge in [-0.25, -0.2) is 8.42 Å². The van der Waals surface area contributed by atoms with Crippen molar-refractivity contribution in [2.45, 2.75) is 52.2 Å². The monoisotopic (exact) mass is 603 g/mol. The maximum atomic E-state index is 14.1. The molecule has 0 fully saturated rings. The van der Waals surface area contributed by atoms with Crippen molar-refractivity contribution < 1.29 is 18.0 Å². The third-order valence-corrected chi connectivity index (χ3v) is 8.10. The van der Waals surface area contributed by atoms with E-state index in [1.165, 1.54) is 23.1 Å². The minimum absolute atomic E-state index is 0.109. The molecule has 2 atom stereocenters.